The average molecular weight is 526 g/mol. The summed E-state index contributed by atoms with van der Waals surface area (Å²) in [7, 11) is 1.45. The zero-order valence-corrected chi connectivity index (χ0v) is 20.4. The Hall–Kier alpha value is -3.31. The number of esters is 1. The normalized spacial score (nSPS) is 17.1. The van der Waals surface area contributed by atoms with Crippen molar-refractivity contribution in [2.75, 3.05) is 20.3 Å². The van der Waals surface area contributed by atoms with Gasteiger partial charge in [-0.05, 0) is 38.1 Å². The fraction of sp³-hybridized carbons (Fsp3) is 0.375. The minimum atomic E-state index is -4.83. The third kappa shape index (κ3) is 4.85. The van der Waals surface area contributed by atoms with Gasteiger partial charge in [-0.15, -0.1) is 10.2 Å². The lowest BCUT2D eigenvalue weighted by Crippen LogP contribution is -2.18. The molecule has 1 aromatic heterocycles. The van der Waals surface area contributed by atoms with E-state index in [4.69, 9.17) is 30.5 Å². The van der Waals surface area contributed by atoms with Crippen LogP contribution in [0.15, 0.2) is 36.4 Å². The van der Waals surface area contributed by atoms with Crippen molar-refractivity contribution in [1.29, 1.82) is 0 Å². The molecule has 36 heavy (non-hydrogen) atoms. The van der Waals surface area contributed by atoms with Gasteiger partial charge in [-0.3, -0.25) is 9.36 Å². The lowest BCUT2D eigenvalue weighted by molar-refractivity contribution is -0.147. The van der Waals surface area contributed by atoms with E-state index < -0.39 is 36.6 Å². The molecule has 2 heterocycles. The maximum absolute atomic E-state index is 14.0. The van der Waals surface area contributed by atoms with E-state index >= 15 is 0 Å². The molecule has 0 N–H and O–H groups in total. The first-order valence-corrected chi connectivity index (χ1v) is 11.5. The van der Waals surface area contributed by atoms with Crippen molar-refractivity contribution in [2.24, 2.45) is 0 Å². The number of methoxy groups -OCH3 is 1. The second-order valence-electron chi connectivity index (χ2n) is 7.74. The Morgan fingerprint density at radius 2 is 1.92 bits per heavy atom. The van der Waals surface area contributed by atoms with Crippen molar-refractivity contribution in [3.8, 4) is 17.2 Å². The molecule has 0 fully saturated rings. The summed E-state index contributed by atoms with van der Waals surface area (Å²) in [6, 6.07) is 9.51. The average Bonchev–Trinajstić information content (AvgIpc) is 3.23. The maximum Gasteiger partial charge on any atom is 0.452 e. The fourth-order valence-corrected chi connectivity index (χ4v) is 4.32. The van der Waals surface area contributed by atoms with Crippen molar-refractivity contribution in [1.82, 2.24) is 14.8 Å². The summed E-state index contributed by atoms with van der Waals surface area (Å²) in [4.78, 5) is 12.4. The molecule has 0 saturated carbocycles. The third-order valence-electron chi connectivity index (χ3n) is 5.50. The van der Waals surface area contributed by atoms with Gasteiger partial charge < -0.3 is 18.9 Å². The number of ether oxygens (including phenoxy) is 4. The molecule has 0 amide bonds. The number of hydrogen-bond acceptors (Lipinski definition) is 7. The molecule has 192 valence electrons. The number of aromatic nitrogens is 3. The van der Waals surface area contributed by atoms with E-state index in [2.05, 4.69) is 10.2 Å². The molecule has 1 aliphatic rings. The van der Waals surface area contributed by atoms with Gasteiger partial charge in [0.15, 0.2) is 17.3 Å². The van der Waals surface area contributed by atoms with E-state index in [0.29, 0.717) is 29.2 Å². The maximum atomic E-state index is 14.0. The van der Waals surface area contributed by atoms with Crippen molar-refractivity contribution < 1.29 is 36.9 Å². The van der Waals surface area contributed by atoms with Gasteiger partial charge in [0.2, 0.25) is 5.82 Å². The van der Waals surface area contributed by atoms with Crippen LogP contribution in [0.3, 0.4) is 0 Å². The minimum absolute atomic E-state index is 0.0928. The van der Waals surface area contributed by atoms with E-state index in [0.717, 1.165) is 4.57 Å². The number of nitrogens with zero attached hydrogens (tertiary/aromatic N) is 3. The van der Waals surface area contributed by atoms with Crippen molar-refractivity contribution in [3.05, 3.63) is 64.2 Å². The molecule has 0 spiro atoms. The number of benzene rings is 2. The molecule has 0 radical (unpaired) electrons. The number of carbonyl (C=O) groups is 1. The Morgan fingerprint density at radius 3 is 2.58 bits per heavy atom. The highest BCUT2D eigenvalue weighted by molar-refractivity contribution is 6.30. The fourth-order valence-electron chi connectivity index (χ4n) is 4.14. The molecular weight excluding hydrogens is 503 g/mol. The monoisotopic (exact) mass is 525 g/mol. The predicted molar refractivity (Wildman–Crippen MR) is 122 cm³/mol. The molecule has 2 atom stereocenters. The van der Waals surface area contributed by atoms with E-state index in [1.165, 1.54) is 25.3 Å². The second-order valence-corrected chi connectivity index (χ2v) is 8.18. The number of para-hydroxylation sites is 1. The minimum Gasteiger partial charge on any atom is -0.492 e. The number of alkyl halides is 3. The zero-order valence-electron chi connectivity index (χ0n) is 19.6. The van der Waals surface area contributed by atoms with Crippen molar-refractivity contribution in [2.45, 2.75) is 38.7 Å². The first-order chi connectivity index (χ1) is 17.2. The zero-order chi connectivity index (χ0) is 26.0. The highest BCUT2D eigenvalue weighted by Crippen LogP contribution is 2.47. The van der Waals surface area contributed by atoms with Gasteiger partial charge in [-0.1, -0.05) is 23.7 Å². The smallest absolute Gasteiger partial charge is 0.452 e. The summed E-state index contributed by atoms with van der Waals surface area (Å²) in [6.45, 7) is 3.88. The molecule has 12 heteroatoms. The summed E-state index contributed by atoms with van der Waals surface area (Å²) >= 11 is 6.28. The number of hydrogen-bond donors (Lipinski definition) is 0. The van der Waals surface area contributed by atoms with Crippen LogP contribution in [0.2, 0.25) is 5.02 Å². The van der Waals surface area contributed by atoms with Crippen LogP contribution < -0.4 is 9.47 Å². The number of rotatable bonds is 7. The first-order valence-electron chi connectivity index (χ1n) is 11.1. The number of fused-ring (bicyclic) bond motifs is 3. The van der Waals surface area contributed by atoms with Crippen LogP contribution >= 0.6 is 11.6 Å². The quantitative estimate of drug-likeness (QED) is 0.379. The Morgan fingerprint density at radius 1 is 1.14 bits per heavy atom. The predicted octanol–water partition coefficient (Wildman–Crippen LogP) is 5.46. The molecule has 0 saturated heterocycles. The van der Waals surface area contributed by atoms with Crippen LogP contribution in [0.4, 0.5) is 13.2 Å². The SMILES string of the molecule is CCOC(=O)C[C@@H]1O[C@@H](c2cccc(OCC)c2OC)c2cc(Cl)ccc2-n2c1nnc2C(F)(F)F. The van der Waals surface area contributed by atoms with Gasteiger partial charge in [0, 0.05) is 16.1 Å². The highest BCUT2D eigenvalue weighted by Gasteiger charge is 2.44. The summed E-state index contributed by atoms with van der Waals surface area (Å²) < 4.78 is 65.5. The molecule has 1 aliphatic heterocycles. The molecule has 8 nitrogen and oxygen atoms in total. The van der Waals surface area contributed by atoms with Gasteiger partial charge in [-0.25, -0.2) is 0 Å². The number of halogens is 4. The Balaban J connectivity index is 1.99. The van der Waals surface area contributed by atoms with Crippen LogP contribution in [0.25, 0.3) is 5.69 Å². The standard InChI is InChI=1S/C24H23ClF3N3O5/c1-4-34-17-8-6-7-14(21(17)33-3)20-15-11-13(25)9-10-16(15)31-22(29-30-23(31)24(26,27)28)18(36-20)12-19(32)35-5-2/h6-11,18,20H,4-5,12H2,1-3H3/t18-,20-/m0/s1. The van der Waals surface area contributed by atoms with Crippen LogP contribution in [0.5, 0.6) is 11.5 Å². The van der Waals surface area contributed by atoms with Crippen LogP contribution in [0.1, 0.15) is 55.3 Å². The molecule has 3 aromatic rings. The molecule has 0 bridgehead atoms. The second kappa shape index (κ2) is 10.4. The van der Waals surface area contributed by atoms with E-state index in [1.807, 2.05) is 6.92 Å². The third-order valence-corrected chi connectivity index (χ3v) is 5.73. The molecular formula is C24H23ClF3N3O5. The topological polar surface area (TPSA) is 84.7 Å². The highest BCUT2D eigenvalue weighted by atomic mass is 35.5. The van der Waals surface area contributed by atoms with Crippen molar-refractivity contribution >= 4 is 17.6 Å². The summed E-state index contributed by atoms with van der Waals surface area (Å²) in [5.41, 5.74) is 0.868. The molecule has 4 rings (SSSR count). The van der Waals surface area contributed by atoms with E-state index in [9.17, 15) is 18.0 Å². The van der Waals surface area contributed by atoms with Gasteiger partial charge >= 0.3 is 12.1 Å². The summed E-state index contributed by atoms with van der Waals surface area (Å²) in [6.07, 6.45) is -7.46. The Kier molecular flexibility index (Phi) is 7.41. The van der Waals surface area contributed by atoms with Gasteiger partial charge in [0.25, 0.3) is 0 Å². The van der Waals surface area contributed by atoms with Crippen LogP contribution in [-0.2, 0) is 20.4 Å². The van der Waals surface area contributed by atoms with E-state index in [-0.39, 0.29) is 23.1 Å². The molecule has 0 unspecified atom stereocenters. The van der Waals surface area contributed by atoms with E-state index in [1.54, 1.807) is 25.1 Å². The van der Waals surface area contributed by atoms with Gasteiger partial charge in [0.05, 0.1) is 32.4 Å². The lowest BCUT2D eigenvalue weighted by atomic mass is 9.98. The molecule has 0 aliphatic carbocycles. The summed E-state index contributed by atoms with van der Waals surface area (Å²) in [5.74, 6) is -1.36. The van der Waals surface area contributed by atoms with Crippen molar-refractivity contribution in [3.63, 3.8) is 0 Å². The summed E-state index contributed by atoms with van der Waals surface area (Å²) in [5, 5.41) is 7.44. The van der Waals surface area contributed by atoms with Crippen LogP contribution in [-0.4, -0.2) is 41.1 Å². The lowest BCUT2D eigenvalue weighted by Gasteiger charge is -2.25. The van der Waals surface area contributed by atoms with Gasteiger partial charge in [-0.2, -0.15) is 13.2 Å². The Labute approximate surface area is 209 Å². The largest absolute Gasteiger partial charge is 0.492 e. The molecule has 2 aromatic carbocycles. The van der Waals surface area contributed by atoms with Gasteiger partial charge in [0.1, 0.15) is 12.2 Å². The number of carbonyl (C=O) groups excluding carboxylic acids is 1. The van der Waals surface area contributed by atoms with Crippen LogP contribution in [0, 0.1) is 0 Å². The first kappa shape index (κ1) is 25.8. The Bertz CT molecular complexity index is 1260.